The molecule has 0 spiro atoms. The molecule has 1 unspecified atom stereocenters. The molecule has 0 radical (unpaired) electrons. The number of benzene rings is 2. The van der Waals surface area contributed by atoms with Crippen molar-refractivity contribution in [1.82, 2.24) is 0 Å². The molecule has 0 aliphatic carbocycles. The summed E-state index contributed by atoms with van der Waals surface area (Å²) in [5, 5.41) is 12.7. The molecule has 110 valence electrons. The van der Waals surface area contributed by atoms with E-state index in [9.17, 15) is 9.90 Å². The van der Waals surface area contributed by atoms with Crippen LogP contribution in [0.1, 0.15) is 12.5 Å². The number of nitrogens with two attached hydrogens (primary N) is 1. The highest BCUT2D eigenvalue weighted by molar-refractivity contribution is 5.89. The van der Waals surface area contributed by atoms with Crippen LogP contribution in [0.2, 0.25) is 0 Å². The van der Waals surface area contributed by atoms with Crippen molar-refractivity contribution in [3.8, 4) is 11.5 Å². The number of carbonyl (C=O) groups is 1. The van der Waals surface area contributed by atoms with Gasteiger partial charge in [-0.1, -0.05) is 12.1 Å². The Labute approximate surface area is 123 Å². The summed E-state index contributed by atoms with van der Waals surface area (Å²) in [5.41, 5.74) is 5.73. The predicted octanol–water partition coefficient (Wildman–Crippen LogP) is 2.21. The molecule has 4 N–H and O–H groups in total. The van der Waals surface area contributed by atoms with E-state index in [0.29, 0.717) is 5.56 Å². The van der Waals surface area contributed by atoms with E-state index in [-0.39, 0.29) is 5.75 Å². The zero-order valence-electron chi connectivity index (χ0n) is 12.0. The minimum atomic E-state index is -1.13. The van der Waals surface area contributed by atoms with Crippen molar-refractivity contribution in [3.05, 3.63) is 54.1 Å². The van der Waals surface area contributed by atoms with Crippen molar-refractivity contribution < 1.29 is 14.6 Å². The van der Waals surface area contributed by atoms with Crippen LogP contribution in [0.4, 0.5) is 5.69 Å². The van der Waals surface area contributed by atoms with Crippen LogP contribution in [-0.2, 0) is 10.3 Å². The fourth-order valence-corrected chi connectivity index (χ4v) is 2.06. The molecular weight excluding hydrogens is 268 g/mol. The summed E-state index contributed by atoms with van der Waals surface area (Å²) in [6, 6.07) is 13.6. The Hall–Kier alpha value is -2.69. The van der Waals surface area contributed by atoms with E-state index in [1.807, 2.05) is 0 Å². The lowest BCUT2D eigenvalue weighted by Crippen LogP contribution is -2.45. The number of carbonyl (C=O) groups excluding carboxylic acids is 1. The van der Waals surface area contributed by atoms with Crippen LogP contribution >= 0.6 is 0 Å². The summed E-state index contributed by atoms with van der Waals surface area (Å²) in [6.07, 6.45) is 0. The standard InChI is InChI=1S/C16H18N2O3/c1-16(15(17)20,11-4-3-5-13(19)10-11)18-12-6-8-14(21-2)9-7-12/h3-10,18-19H,1-2H3,(H2,17,20). The minimum Gasteiger partial charge on any atom is -0.508 e. The molecule has 0 heterocycles. The first-order valence-corrected chi connectivity index (χ1v) is 6.47. The lowest BCUT2D eigenvalue weighted by molar-refractivity contribution is -0.122. The average molecular weight is 286 g/mol. The first-order valence-electron chi connectivity index (χ1n) is 6.47. The van der Waals surface area contributed by atoms with Gasteiger partial charge < -0.3 is 20.9 Å². The first kappa shape index (κ1) is 14.7. The number of methoxy groups -OCH3 is 1. The topological polar surface area (TPSA) is 84.6 Å². The SMILES string of the molecule is COc1ccc(NC(C)(C(N)=O)c2cccc(O)c2)cc1. The molecule has 2 aromatic carbocycles. The van der Waals surface area contributed by atoms with Gasteiger partial charge in [-0.3, -0.25) is 4.79 Å². The molecule has 0 aliphatic rings. The van der Waals surface area contributed by atoms with E-state index in [2.05, 4.69) is 5.32 Å². The van der Waals surface area contributed by atoms with E-state index in [1.54, 1.807) is 50.4 Å². The molecule has 0 saturated carbocycles. The van der Waals surface area contributed by atoms with E-state index in [1.165, 1.54) is 12.1 Å². The molecule has 0 fully saturated rings. The summed E-state index contributed by atoms with van der Waals surface area (Å²) in [5.74, 6) is 0.263. The highest BCUT2D eigenvalue weighted by Gasteiger charge is 2.33. The second-order valence-electron chi connectivity index (χ2n) is 4.89. The third kappa shape index (κ3) is 3.08. The lowest BCUT2D eigenvalue weighted by Gasteiger charge is -2.29. The van der Waals surface area contributed by atoms with E-state index in [0.717, 1.165) is 11.4 Å². The molecule has 0 aromatic heterocycles. The number of aromatic hydroxyl groups is 1. The number of phenolic OH excluding ortho intramolecular Hbond substituents is 1. The van der Waals surface area contributed by atoms with Crippen molar-refractivity contribution in [2.45, 2.75) is 12.5 Å². The monoisotopic (exact) mass is 286 g/mol. The molecule has 2 rings (SSSR count). The van der Waals surface area contributed by atoms with Gasteiger partial charge >= 0.3 is 0 Å². The number of anilines is 1. The third-order valence-corrected chi connectivity index (χ3v) is 3.40. The average Bonchev–Trinajstić information content (AvgIpc) is 2.47. The highest BCUT2D eigenvalue weighted by Crippen LogP contribution is 2.29. The summed E-state index contributed by atoms with van der Waals surface area (Å²) in [7, 11) is 1.59. The second-order valence-corrected chi connectivity index (χ2v) is 4.89. The number of hydrogen-bond donors (Lipinski definition) is 3. The van der Waals surface area contributed by atoms with Gasteiger partial charge in [-0.15, -0.1) is 0 Å². The van der Waals surface area contributed by atoms with Gasteiger partial charge in [0.05, 0.1) is 7.11 Å². The van der Waals surface area contributed by atoms with Crippen LogP contribution < -0.4 is 15.8 Å². The molecule has 0 bridgehead atoms. The maximum Gasteiger partial charge on any atom is 0.247 e. The highest BCUT2D eigenvalue weighted by atomic mass is 16.5. The zero-order chi connectivity index (χ0) is 15.5. The largest absolute Gasteiger partial charge is 0.508 e. The summed E-state index contributed by atoms with van der Waals surface area (Å²) in [4.78, 5) is 11.9. The van der Waals surface area contributed by atoms with E-state index in [4.69, 9.17) is 10.5 Å². The Morgan fingerprint density at radius 2 is 1.90 bits per heavy atom. The summed E-state index contributed by atoms with van der Waals surface area (Å²) < 4.78 is 5.09. The van der Waals surface area contributed by atoms with Crippen LogP contribution in [0.5, 0.6) is 11.5 Å². The van der Waals surface area contributed by atoms with Crippen LogP contribution in [0.15, 0.2) is 48.5 Å². The number of ether oxygens (including phenoxy) is 1. The van der Waals surface area contributed by atoms with Gasteiger partial charge in [0.2, 0.25) is 5.91 Å². The van der Waals surface area contributed by atoms with Crippen LogP contribution in [0, 0.1) is 0 Å². The van der Waals surface area contributed by atoms with Crippen molar-refractivity contribution in [2.24, 2.45) is 5.73 Å². The van der Waals surface area contributed by atoms with Crippen molar-refractivity contribution in [1.29, 1.82) is 0 Å². The van der Waals surface area contributed by atoms with Crippen molar-refractivity contribution in [2.75, 3.05) is 12.4 Å². The Kier molecular flexibility index (Phi) is 4.03. The molecule has 1 atom stereocenters. The lowest BCUT2D eigenvalue weighted by atomic mass is 9.90. The fraction of sp³-hybridized carbons (Fsp3) is 0.188. The Bertz CT molecular complexity index is 640. The van der Waals surface area contributed by atoms with Gasteiger partial charge in [0, 0.05) is 5.69 Å². The molecule has 5 heteroatoms. The number of rotatable bonds is 5. The van der Waals surface area contributed by atoms with Gasteiger partial charge in [-0.2, -0.15) is 0 Å². The molecule has 1 amide bonds. The normalized spacial score (nSPS) is 13.2. The minimum absolute atomic E-state index is 0.0801. The number of amides is 1. The smallest absolute Gasteiger partial charge is 0.247 e. The second kappa shape index (κ2) is 5.75. The molecule has 0 saturated heterocycles. The fourth-order valence-electron chi connectivity index (χ4n) is 2.06. The van der Waals surface area contributed by atoms with Gasteiger partial charge in [0.15, 0.2) is 0 Å². The number of hydrogen-bond acceptors (Lipinski definition) is 4. The van der Waals surface area contributed by atoms with Gasteiger partial charge in [-0.25, -0.2) is 0 Å². The van der Waals surface area contributed by atoms with Gasteiger partial charge in [0.25, 0.3) is 0 Å². The van der Waals surface area contributed by atoms with Crippen LogP contribution in [0.3, 0.4) is 0 Å². The third-order valence-electron chi connectivity index (χ3n) is 3.40. The van der Waals surface area contributed by atoms with Crippen LogP contribution in [-0.4, -0.2) is 18.1 Å². The van der Waals surface area contributed by atoms with E-state index < -0.39 is 11.4 Å². The van der Waals surface area contributed by atoms with Gasteiger partial charge in [-0.05, 0) is 48.9 Å². The molecule has 2 aromatic rings. The molecule has 0 aliphatic heterocycles. The Balaban J connectivity index is 2.36. The van der Waals surface area contributed by atoms with Crippen molar-refractivity contribution >= 4 is 11.6 Å². The van der Waals surface area contributed by atoms with Crippen molar-refractivity contribution in [3.63, 3.8) is 0 Å². The maximum atomic E-state index is 11.9. The molecule has 5 nitrogen and oxygen atoms in total. The van der Waals surface area contributed by atoms with Crippen LogP contribution in [0.25, 0.3) is 0 Å². The number of primary amides is 1. The molecular formula is C16H18N2O3. The number of nitrogens with one attached hydrogen (secondary N) is 1. The maximum absolute atomic E-state index is 11.9. The Morgan fingerprint density at radius 3 is 2.43 bits per heavy atom. The summed E-state index contributed by atoms with van der Waals surface area (Å²) in [6.45, 7) is 1.67. The predicted molar refractivity (Wildman–Crippen MR) is 81.3 cm³/mol. The number of phenols is 1. The van der Waals surface area contributed by atoms with E-state index >= 15 is 0 Å². The summed E-state index contributed by atoms with van der Waals surface area (Å²) >= 11 is 0. The molecule has 21 heavy (non-hydrogen) atoms. The first-order chi connectivity index (χ1) is 9.95. The Morgan fingerprint density at radius 1 is 1.24 bits per heavy atom. The quantitative estimate of drug-likeness (QED) is 0.786. The zero-order valence-corrected chi connectivity index (χ0v) is 12.0. The van der Waals surface area contributed by atoms with Gasteiger partial charge in [0.1, 0.15) is 17.0 Å².